The molecule has 0 aliphatic rings. The van der Waals surface area contributed by atoms with E-state index >= 15 is 0 Å². The first kappa shape index (κ1) is 14.6. The Morgan fingerprint density at radius 2 is 1.89 bits per heavy atom. The van der Waals surface area contributed by atoms with Crippen LogP contribution in [-0.4, -0.2) is 9.97 Å². The maximum absolute atomic E-state index is 6.17. The quantitative estimate of drug-likeness (QED) is 0.726. The van der Waals surface area contributed by atoms with Crippen molar-refractivity contribution < 1.29 is 0 Å². The second kappa shape index (κ2) is 6.60. The average Bonchev–Trinajstić information content (AvgIpc) is 2.38. The summed E-state index contributed by atoms with van der Waals surface area (Å²) in [4.78, 5) is 9.84. The van der Waals surface area contributed by atoms with E-state index in [-0.39, 0.29) is 0 Å². The van der Waals surface area contributed by atoms with Gasteiger partial charge in [0.2, 0.25) is 0 Å². The first-order chi connectivity index (χ1) is 9.11. The van der Waals surface area contributed by atoms with Crippen LogP contribution in [0.3, 0.4) is 0 Å². The lowest BCUT2D eigenvalue weighted by Crippen LogP contribution is -1.99. The van der Waals surface area contributed by atoms with E-state index in [9.17, 15) is 0 Å². The molecule has 0 unspecified atom stereocenters. The molecule has 0 spiro atoms. The summed E-state index contributed by atoms with van der Waals surface area (Å²) < 4.78 is 0. The molecule has 0 aliphatic carbocycles. The highest BCUT2D eigenvalue weighted by Gasteiger charge is 2.11. The van der Waals surface area contributed by atoms with Crippen LogP contribution in [0.4, 0.5) is 0 Å². The first-order valence-corrected chi connectivity index (χ1v) is 7.64. The molecule has 2 rings (SSSR count). The molecule has 5 heteroatoms. The molecule has 2 nitrogen and oxygen atoms in total. The summed E-state index contributed by atoms with van der Waals surface area (Å²) in [6.45, 7) is 4.02. The Bertz CT molecular complexity index is 588. The fourth-order valence-electron chi connectivity index (χ4n) is 1.58. The van der Waals surface area contributed by atoms with Crippen molar-refractivity contribution in [3.8, 4) is 0 Å². The van der Waals surface area contributed by atoms with E-state index in [4.69, 9.17) is 23.2 Å². The monoisotopic (exact) mass is 312 g/mol. The van der Waals surface area contributed by atoms with Gasteiger partial charge in [-0.1, -0.05) is 54.0 Å². The highest BCUT2D eigenvalue weighted by atomic mass is 35.5. The number of rotatable bonds is 4. The van der Waals surface area contributed by atoms with Gasteiger partial charge in [0.15, 0.2) is 0 Å². The van der Waals surface area contributed by atoms with Gasteiger partial charge < -0.3 is 0 Å². The Balaban J connectivity index is 2.36. The average molecular weight is 313 g/mol. The molecule has 0 bridgehead atoms. The van der Waals surface area contributed by atoms with Crippen LogP contribution in [-0.2, 0) is 6.42 Å². The van der Waals surface area contributed by atoms with Gasteiger partial charge in [-0.3, -0.25) is 0 Å². The fourth-order valence-corrected chi connectivity index (χ4v) is 2.99. The Morgan fingerprint density at radius 1 is 1.16 bits per heavy atom. The molecule has 0 saturated heterocycles. The number of hydrogen-bond acceptors (Lipinski definition) is 3. The van der Waals surface area contributed by atoms with Crippen molar-refractivity contribution in [3.05, 3.63) is 45.8 Å². The Labute approximate surface area is 127 Å². The summed E-state index contributed by atoms with van der Waals surface area (Å²) in [6, 6.07) is 7.71. The lowest BCUT2D eigenvalue weighted by Gasteiger charge is -2.09. The predicted molar refractivity (Wildman–Crippen MR) is 81.3 cm³/mol. The van der Waals surface area contributed by atoms with E-state index in [1.165, 1.54) is 11.8 Å². The molecule has 0 saturated carbocycles. The summed E-state index contributed by atoms with van der Waals surface area (Å²) in [5.74, 6) is 0.785. The van der Waals surface area contributed by atoms with Gasteiger partial charge in [-0.25, -0.2) is 9.97 Å². The predicted octanol–water partition coefficient (Wildman–Crippen LogP) is 5.20. The molecule has 1 aromatic heterocycles. The third-order valence-electron chi connectivity index (χ3n) is 2.60. The lowest BCUT2D eigenvalue weighted by atomic mass is 10.3. The van der Waals surface area contributed by atoms with Crippen molar-refractivity contribution in [2.75, 3.05) is 0 Å². The number of aromatic nitrogens is 2. The van der Waals surface area contributed by atoms with E-state index in [1.54, 1.807) is 0 Å². The van der Waals surface area contributed by atoms with E-state index in [2.05, 4.69) is 16.9 Å². The molecule has 1 aromatic carbocycles. The topological polar surface area (TPSA) is 25.8 Å². The molecule has 0 N–H and O–H groups in total. The zero-order valence-corrected chi connectivity index (χ0v) is 13.1. The number of benzene rings is 1. The van der Waals surface area contributed by atoms with Crippen LogP contribution in [0.1, 0.15) is 24.7 Å². The summed E-state index contributed by atoms with van der Waals surface area (Å²) in [5.41, 5.74) is 0.895. The molecule has 0 aliphatic heterocycles. The zero-order chi connectivity index (χ0) is 13.8. The second-order valence-electron chi connectivity index (χ2n) is 4.14. The molecule has 100 valence electrons. The summed E-state index contributed by atoms with van der Waals surface area (Å²) in [7, 11) is 0. The van der Waals surface area contributed by atoms with Crippen LogP contribution < -0.4 is 0 Å². The fraction of sp³-hybridized carbons (Fsp3) is 0.286. The Hall–Kier alpha value is -0.770. The summed E-state index contributed by atoms with van der Waals surface area (Å²) >= 11 is 13.9. The van der Waals surface area contributed by atoms with Gasteiger partial charge in [-0.15, -0.1) is 0 Å². The molecule has 0 atom stereocenters. The van der Waals surface area contributed by atoms with Crippen LogP contribution >= 0.6 is 35.0 Å². The van der Waals surface area contributed by atoms with Crippen molar-refractivity contribution in [1.82, 2.24) is 9.97 Å². The number of nitrogens with zero attached hydrogens (tertiary/aromatic N) is 2. The van der Waals surface area contributed by atoms with Crippen molar-refractivity contribution in [3.63, 3.8) is 0 Å². The number of halogens is 2. The van der Waals surface area contributed by atoms with Gasteiger partial charge in [-0.05, 0) is 25.5 Å². The van der Waals surface area contributed by atoms with Crippen LogP contribution in [0, 0.1) is 6.92 Å². The molecule has 19 heavy (non-hydrogen) atoms. The maximum atomic E-state index is 6.17. The summed E-state index contributed by atoms with van der Waals surface area (Å²) in [6.07, 6.45) is 1.83. The lowest BCUT2D eigenvalue weighted by molar-refractivity contribution is 0.801. The minimum absolute atomic E-state index is 0.521. The van der Waals surface area contributed by atoms with E-state index in [1.807, 2.05) is 31.2 Å². The maximum Gasteiger partial charge on any atom is 0.136 e. The number of hydrogen-bond donors (Lipinski definition) is 0. The third-order valence-corrected chi connectivity index (χ3v) is 4.58. The smallest absolute Gasteiger partial charge is 0.136 e. The minimum atomic E-state index is 0.521. The molecular weight excluding hydrogens is 299 g/mol. The number of aryl methyl sites for hydroxylation is 1. The third kappa shape index (κ3) is 3.62. The van der Waals surface area contributed by atoms with Gasteiger partial charge in [0.25, 0.3) is 0 Å². The van der Waals surface area contributed by atoms with Crippen molar-refractivity contribution in [1.29, 1.82) is 0 Å². The molecule has 0 amide bonds. The van der Waals surface area contributed by atoms with Gasteiger partial charge in [0.1, 0.15) is 16.0 Å². The SMILES string of the molecule is CCCc1nc(Cl)c(C)c(Sc2ccccc2Cl)n1. The molecular formula is C14H14Cl2N2S. The largest absolute Gasteiger partial charge is 0.226 e. The van der Waals surface area contributed by atoms with E-state index in [0.29, 0.717) is 5.15 Å². The van der Waals surface area contributed by atoms with E-state index < -0.39 is 0 Å². The highest BCUT2D eigenvalue weighted by molar-refractivity contribution is 7.99. The highest BCUT2D eigenvalue weighted by Crippen LogP contribution is 2.35. The van der Waals surface area contributed by atoms with Gasteiger partial charge in [-0.2, -0.15) is 0 Å². The zero-order valence-electron chi connectivity index (χ0n) is 10.8. The molecule has 0 radical (unpaired) electrons. The Kier molecular flexibility index (Phi) is 5.08. The van der Waals surface area contributed by atoms with Gasteiger partial charge in [0, 0.05) is 16.9 Å². The van der Waals surface area contributed by atoms with Crippen LogP contribution in [0.25, 0.3) is 0 Å². The standard InChI is InChI=1S/C14H14Cl2N2S/c1-3-6-12-17-13(16)9(2)14(18-12)19-11-8-5-4-7-10(11)15/h4-5,7-8H,3,6H2,1-2H3. The van der Waals surface area contributed by atoms with Crippen LogP contribution in [0.5, 0.6) is 0 Å². The van der Waals surface area contributed by atoms with Crippen molar-refractivity contribution in [2.24, 2.45) is 0 Å². The van der Waals surface area contributed by atoms with Gasteiger partial charge in [0.05, 0.1) is 5.02 Å². The summed E-state index contributed by atoms with van der Waals surface area (Å²) in [5, 5.41) is 2.11. The molecule has 1 heterocycles. The minimum Gasteiger partial charge on any atom is -0.226 e. The normalized spacial score (nSPS) is 10.7. The second-order valence-corrected chi connectivity index (χ2v) is 5.94. The van der Waals surface area contributed by atoms with Gasteiger partial charge >= 0.3 is 0 Å². The first-order valence-electron chi connectivity index (χ1n) is 6.07. The Morgan fingerprint density at radius 3 is 2.58 bits per heavy atom. The molecule has 0 fully saturated rings. The molecule has 2 aromatic rings. The van der Waals surface area contributed by atoms with Crippen molar-refractivity contribution >= 4 is 35.0 Å². The van der Waals surface area contributed by atoms with Crippen molar-refractivity contribution in [2.45, 2.75) is 36.6 Å². The van der Waals surface area contributed by atoms with Crippen LogP contribution in [0.15, 0.2) is 34.2 Å². The van der Waals surface area contributed by atoms with E-state index in [0.717, 1.165) is 39.2 Å². The van der Waals surface area contributed by atoms with Crippen LogP contribution in [0.2, 0.25) is 10.2 Å².